The predicted octanol–water partition coefficient (Wildman–Crippen LogP) is 5.04. The van der Waals surface area contributed by atoms with Crippen LogP contribution in [0.4, 0.5) is 0 Å². The Balaban J connectivity index is 2.32. The van der Waals surface area contributed by atoms with Crippen molar-refractivity contribution in [2.24, 2.45) is 17.3 Å². The number of carbonyl (C=O) groups excluding carboxylic acids is 1. The molecule has 6 nitrogen and oxygen atoms in total. The Kier molecular flexibility index (Phi) is 9.74. The van der Waals surface area contributed by atoms with Crippen LogP contribution in [-0.2, 0) is 14.3 Å². The SMILES string of the molecule is CCCCC(C)(C)[C@@H](OC)C(Cl)=C[C@@H]1[C@@H](CC(=O)O)[C@@H](O)C[C@H]1OC(=O)c1ccccc1. The molecule has 1 saturated carbocycles. The lowest BCUT2D eigenvalue weighted by molar-refractivity contribution is -0.139. The van der Waals surface area contributed by atoms with Crippen LogP contribution in [0.5, 0.6) is 0 Å². The molecule has 0 aliphatic heterocycles. The summed E-state index contributed by atoms with van der Waals surface area (Å²) in [6, 6.07) is 8.58. The van der Waals surface area contributed by atoms with Crippen molar-refractivity contribution in [3.8, 4) is 0 Å². The minimum absolute atomic E-state index is 0.152. The van der Waals surface area contributed by atoms with Crippen LogP contribution in [0.1, 0.15) is 63.2 Å². The number of hydrogen-bond donors (Lipinski definition) is 2. The zero-order valence-corrected chi connectivity index (χ0v) is 20.0. The summed E-state index contributed by atoms with van der Waals surface area (Å²) in [4.78, 5) is 24.1. The molecule has 0 aromatic heterocycles. The van der Waals surface area contributed by atoms with Crippen LogP contribution in [0.15, 0.2) is 41.4 Å². The summed E-state index contributed by atoms with van der Waals surface area (Å²) in [5, 5.41) is 20.4. The third kappa shape index (κ3) is 6.80. The molecule has 1 aromatic rings. The second-order valence-corrected chi connectivity index (χ2v) is 9.65. The summed E-state index contributed by atoms with van der Waals surface area (Å²) in [5.74, 6) is -2.70. The molecule has 0 bridgehead atoms. The van der Waals surface area contributed by atoms with Crippen molar-refractivity contribution in [2.75, 3.05) is 7.11 Å². The highest BCUT2D eigenvalue weighted by Crippen LogP contribution is 2.42. The standard InChI is InChI=1S/C25H35ClO6/c1-5-6-12-25(2,3)23(31-4)19(26)13-18-17(14-22(28)29)20(27)15-21(18)32-24(30)16-10-8-7-9-11-16/h7-11,13,17-18,20-21,23,27H,5-6,12,14-15H2,1-4H3,(H,28,29)/t17-,18-,20+,21-,23+/m1/s1. The highest BCUT2D eigenvalue weighted by Gasteiger charge is 2.45. The Labute approximate surface area is 195 Å². The van der Waals surface area contributed by atoms with Crippen molar-refractivity contribution in [2.45, 2.75) is 71.2 Å². The number of aliphatic hydroxyl groups is 1. The summed E-state index contributed by atoms with van der Waals surface area (Å²) in [7, 11) is 1.60. The topological polar surface area (TPSA) is 93.1 Å². The molecule has 178 valence electrons. The molecule has 7 heteroatoms. The van der Waals surface area contributed by atoms with Crippen molar-refractivity contribution in [3.05, 3.63) is 47.0 Å². The summed E-state index contributed by atoms with van der Waals surface area (Å²) in [6.45, 7) is 6.29. The number of unbranched alkanes of at least 4 members (excludes halogenated alkanes) is 1. The van der Waals surface area contributed by atoms with Gasteiger partial charge in [0, 0.05) is 30.4 Å². The van der Waals surface area contributed by atoms with Crippen LogP contribution < -0.4 is 0 Å². The van der Waals surface area contributed by atoms with E-state index >= 15 is 0 Å². The van der Waals surface area contributed by atoms with Crippen LogP contribution in [0.25, 0.3) is 0 Å². The second kappa shape index (κ2) is 11.8. The molecule has 0 amide bonds. The average molecular weight is 467 g/mol. The highest BCUT2D eigenvalue weighted by atomic mass is 35.5. The van der Waals surface area contributed by atoms with Crippen LogP contribution >= 0.6 is 11.6 Å². The van der Waals surface area contributed by atoms with E-state index in [2.05, 4.69) is 20.8 Å². The molecular formula is C25H35ClO6. The first-order valence-corrected chi connectivity index (χ1v) is 11.5. The summed E-state index contributed by atoms with van der Waals surface area (Å²) < 4.78 is 11.4. The summed E-state index contributed by atoms with van der Waals surface area (Å²) >= 11 is 6.73. The summed E-state index contributed by atoms with van der Waals surface area (Å²) in [5.41, 5.74) is 0.154. The van der Waals surface area contributed by atoms with Crippen molar-refractivity contribution < 1.29 is 29.3 Å². The van der Waals surface area contributed by atoms with Gasteiger partial charge in [0.2, 0.25) is 0 Å². The molecule has 0 spiro atoms. The van der Waals surface area contributed by atoms with Crippen molar-refractivity contribution >= 4 is 23.5 Å². The number of carbonyl (C=O) groups is 2. The van der Waals surface area contributed by atoms with Gasteiger partial charge in [0.05, 0.1) is 24.2 Å². The monoisotopic (exact) mass is 466 g/mol. The number of ether oxygens (including phenoxy) is 2. The number of halogens is 1. The Morgan fingerprint density at radius 3 is 2.50 bits per heavy atom. The second-order valence-electron chi connectivity index (χ2n) is 9.21. The first-order valence-electron chi connectivity index (χ1n) is 11.2. The lowest BCUT2D eigenvalue weighted by Crippen LogP contribution is -2.33. The molecule has 32 heavy (non-hydrogen) atoms. The number of carboxylic acid groups (broad SMARTS) is 1. The normalized spacial score (nSPS) is 24.9. The Hall–Kier alpha value is -1.89. The third-order valence-corrected chi connectivity index (χ3v) is 6.62. The van der Waals surface area contributed by atoms with Crippen molar-refractivity contribution in [1.29, 1.82) is 0 Å². The van der Waals surface area contributed by atoms with Gasteiger partial charge < -0.3 is 19.7 Å². The van der Waals surface area contributed by atoms with Gasteiger partial charge in [-0.3, -0.25) is 4.79 Å². The number of hydrogen-bond acceptors (Lipinski definition) is 5. The van der Waals surface area contributed by atoms with Crippen LogP contribution in [0, 0.1) is 17.3 Å². The number of benzene rings is 1. The van der Waals surface area contributed by atoms with E-state index in [1.807, 2.05) is 0 Å². The minimum atomic E-state index is -1.02. The fourth-order valence-electron chi connectivity index (χ4n) is 4.55. The molecule has 0 saturated heterocycles. The van der Waals surface area contributed by atoms with E-state index in [0.717, 1.165) is 19.3 Å². The van der Waals surface area contributed by atoms with Gasteiger partial charge in [0.15, 0.2) is 0 Å². The molecule has 0 heterocycles. The van der Waals surface area contributed by atoms with Crippen LogP contribution in [0.3, 0.4) is 0 Å². The van der Waals surface area contributed by atoms with E-state index in [0.29, 0.717) is 10.6 Å². The number of rotatable bonds is 11. The van der Waals surface area contributed by atoms with Gasteiger partial charge in [-0.2, -0.15) is 0 Å². The summed E-state index contributed by atoms with van der Waals surface area (Å²) in [6.07, 6.45) is 2.62. The number of methoxy groups -OCH3 is 1. The number of aliphatic carboxylic acids is 1. The van der Waals surface area contributed by atoms with Gasteiger partial charge in [0.25, 0.3) is 0 Å². The molecule has 1 aliphatic rings. The van der Waals surface area contributed by atoms with Gasteiger partial charge in [-0.05, 0) is 24.0 Å². The first kappa shape index (κ1) is 26.4. The molecule has 1 aromatic carbocycles. The number of aliphatic hydroxyl groups excluding tert-OH is 1. The zero-order valence-electron chi connectivity index (χ0n) is 19.3. The van der Waals surface area contributed by atoms with E-state index in [1.54, 1.807) is 43.5 Å². The van der Waals surface area contributed by atoms with Crippen molar-refractivity contribution in [3.63, 3.8) is 0 Å². The smallest absolute Gasteiger partial charge is 0.338 e. The fourth-order valence-corrected chi connectivity index (χ4v) is 5.08. The molecule has 5 atom stereocenters. The van der Waals surface area contributed by atoms with E-state index in [9.17, 15) is 19.8 Å². The number of carboxylic acids is 1. The van der Waals surface area contributed by atoms with Gasteiger partial charge in [-0.1, -0.05) is 69.5 Å². The van der Waals surface area contributed by atoms with Crippen molar-refractivity contribution in [1.82, 2.24) is 0 Å². The van der Waals surface area contributed by atoms with Crippen LogP contribution in [0.2, 0.25) is 0 Å². The third-order valence-electron chi connectivity index (χ3n) is 6.29. The van der Waals surface area contributed by atoms with Crippen LogP contribution in [-0.4, -0.2) is 47.6 Å². The van der Waals surface area contributed by atoms with E-state index in [4.69, 9.17) is 21.1 Å². The van der Waals surface area contributed by atoms with E-state index in [1.165, 1.54) is 0 Å². The molecule has 0 unspecified atom stereocenters. The fraction of sp³-hybridized carbons (Fsp3) is 0.600. The lowest BCUT2D eigenvalue weighted by atomic mass is 9.80. The maximum absolute atomic E-state index is 12.6. The van der Waals surface area contributed by atoms with Gasteiger partial charge >= 0.3 is 11.9 Å². The number of esters is 1. The largest absolute Gasteiger partial charge is 0.481 e. The van der Waals surface area contributed by atoms with E-state index in [-0.39, 0.29) is 18.3 Å². The molecule has 1 aliphatic carbocycles. The van der Waals surface area contributed by atoms with Gasteiger partial charge in [-0.15, -0.1) is 0 Å². The zero-order chi connectivity index (χ0) is 23.9. The molecular weight excluding hydrogens is 432 g/mol. The minimum Gasteiger partial charge on any atom is -0.481 e. The lowest BCUT2D eigenvalue weighted by Gasteiger charge is -2.34. The molecule has 2 rings (SSSR count). The Morgan fingerprint density at radius 2 is 1.94 bits per heavy atom. The predicted molar refractivity (Wildman–Crippen MR) is 124 cm³/mol. The molecule has 1 fully saturated rings. The van der Waals surface area contributed by atoms with E-state index < -0.39 is 42.1 Å². The maximum Gasteiger partial charge on any atom is 0.338 e. The van der Waals surface area contributed by atoms with Gasteiger partial charge in [-0.25, -0.2) is 4.79 Å². The average Bonchev–Trinajstić information content (AvgIpc) is 3.01. The Morgan fingerprint density at radius 1 is 1.28 bits per heavy atom. The Bertz CT molecular complexity index is 791. The first-order chi connectivity index (χ1) is 15.1. The maximum atomic E-state index is 12.6. The van der Waals surface area contributed by atoms with Gasteiger partial charge in [0.1, 0.15) is 6.10 Å². The quantitative estimate of drug-likeness (QED) is 0.444. The highest BCUT2D eigenvalue weighted by molar-refractivity contribution is 6.30. The molecule has 0 radical (unpaired) electrons. The molecule has 2 N–H and O–H groups in total.